The van der Waals surface area contributed by atoms with Crippen molar-refractivity contribution in [3.05, 3.63) is 34.6 Å². The zero-order valence-electron chi connectivity index (χ0n) is 9.44. The molecule has 1 aromatic rings. The van der Waals surface area contributed by atoms with Crippen LogP contribution < -0.4 is 0 Å². The van der Waals surface area contributed by atoms with Gasteiger partial charge in [-0.2, -0.15) is 5.26 Å². The predicted octanol–water partition coefficient (Wildman–Crippen LogP) is 2.22. The Labute approximate surface area is 108 Å². The molecule has 0 amide bonds. The maximum atomic E-state index is 13.6. The number of benzene rings is 1. The third-order valence-corrected chi connectivity index (χ3v) is 2.49. The number of rotatable bonds is 4. The van der Waals surface area contributed by atoms with Crippen molar-refractivity contribution in [3.63, 3.8) is 0 Å². The molecule has 4 nitrogen and oxygen atoms in total. The van der Waals surface area contributed by atoms with Gasteiger partial charge in [0, 0.05) is 10.6 Å². The summed E-state index contributed by atoms with van der Waals surface area (Å²) in [5.41, 5.74) is -0.306. The largest absolute Gasteiger partial charge is 0.460 e. The van der Waals surface area contributed by atoms with Gasteiger partial charge < -0.3 is 4.74 Å². The molecular formula is C12H9ClFNO3. The summed E-state index contributed by atoms with van der Waals surface area (Å²) in [5.74, 6) is -4.72. The fourth-order valence-corrected chi connectivity index (χ4v) is 1.63. The number of esters is 1. The van der Waals surface area contributed by atoms with Crippen molar-refractivity contribution in [2.24, 2.45) is 0 Å². The van der Waals surface area contributed by atoms with Crippen molar-refractivity contribution in [1.29, 1.82) is 5.26 Å². The molecule has 0 N–H and O–H groups in total. The Balaban J connectivity index is 3.16. The second-order valence-electron chi connectivity index (χ2n) is 3.28. The van der Waals surface area contributed by atoms with E-state index >= 15 is 0 Å². The first kappa shape index (κ1) is 14.1. The molecule has 0 bridgehead atoms. The number of hydrogen-bond donors (Lipinski definition) is 0. The molecule has 0 aliphatic heterocycles. The summed E-state index contributed by atoms with van der Waals surface area (Å²) < 4.78 is 18.0. The van der Waals surface area contributed by atoms with E-state index in [0.29, 0.717) is 0 Å². The molecule has 0 spiro atoms. The van der Waals surface area contributed by atoms with Crippen molar-refractivity contribution in [1.82, 2.24) is 0 Å². The number of hydrogen-bond acceptors (Lipinski definition) is 4. The van der Waals surface area contributed by atoms with Crippen LogP contribution in [0.4, 0.5) is 4.39 Å². The van der Waals surface area contributed by atoms with Crippen LogP contribution in [-0.4, -0.2) is 18.4 Å². The van der Waals surface area contributed by atoms with E-state index in [0.717, 1.165) is 6.07 Å². The average molecular weight is 270 g/mol. The Hall–Kier alpha value is -1.93. The van der Waals surface area contributed by atoms with E-state index in [1.165, 1.54) is 19.1 Å². The van der Waals surface area contributed by atoms with Gasteiger partial charge in [0.2, 0.25) is 0 Å². The number of nitriles is 1. The molecule has 0 aliphatic carbocycles. The van der Waals surface area contributed by atoms with E-state index in [1.807, 2.05) is 0 Å². The fourth-order valence-electron chi connectivity index (χ4n) is 1.36. The third kappa shape index (κ3) is 2.84. The lowest BCUT2D eigenvalue weighted by molar-refractivity contribution is -0.153. The van der Waals surface area contributed by atoms with Crippen LogP contribution in [0.25, 0.3) is 0 Å². The number of halogens is 2. The van der Waals surface area contributed by atoms with Crippen molar-refractivity contribution in [2.75, 3.05) is 6.61 Å². The van der Waals surface area contributed by atoms with E-state index < -0.39 is 23.5 Å². The molecule has 1 atom stereocenters. The number of carbonyl (C=O) groups is 2. The molecule has 0 saturated carbocycles. The molecular weight excluding hydrogens is 261 g/mol. The molecule has 0 aromatic heterocycles. The van der Waals surface area contributed by atoms with E-state index in [1.54, 1.807) is 6.07 Å². The minimum absolute atomic E-state index is 0.00622. The topological polar surface area (TPSA) is 67.2 Å². The highest BCUT2D eigenvalue weighted by Crippen LogP contribution is 2.28. The second-order valence-corrected chi connectivity index (χ2v) is 3.69. The van der Waals surface area contributed by atoms with Crippen LogP contribution in [0.1, 0.15) is 18.4 Å². The lowest BCUT2D eigenvalue weighted by Crippen LogP contribution is -2.24. The summed E-state index contributed by atoms with van der Waals surface area (Å²) in [6, 6.07) is 5.30. The van der Waals surface area contributed by atoms with E-state index in [9.17, 15) is 14.0 Å². The SMILES string of the molecule is CCOC(=O)C(=O)C(C#N)c1c(F)cccc1Cl. The summed E-state index contributed by atoms with van der Waals surface area (Å²) in [7, 11) is 0. The van der Waals surface area contributed by atoms with Crippen molar-refractivity contribution in [2.45, 2.75) is 12.8 Å². The van der Waals surface area contributed by atoms with Crippen molar-refractivity contribution >= 4 is 23.4 Å². The summed E-state index contributed by atoms with van der Waals surface area (Å²) in [5, 5.41) is 8.83. The van der Waals surface area contributed by atoms with Gasteiger partial charge in [-0.15, -0.1) is 0 Å². The minimum atomic E-state index is -1.60. The fraction of sp³-hybridized carbons (Fsp3) is 0.250. The van der Waals surface area contributed by atoms with Gasteiger partial charge in [-0.3, -0.25) is 4.79 Å². The lowest BCUT2D eigenvalue weighted by atomic mass is 9.95. The predicted molar refractivity (Wildman–Crippen MR) is 61.4 cm³/mol. The molecule has 0 heterocycles. The number of Topliss-reactive ketones (excluding diaryl/α,β-unsaturated/α-hetero) is 1. The standard InChI is InChI=1S/C12H9ClFNO3/c1-2-18-12(17)11(16)7(6-15)10-8(13)4-3-5-9(10)14/h3-5,7H,2H2,1H3. The lowest BCUT2D eigenvalue weighted by Gasteiger charge is -2.10. The Morgan fingerprint density at radius 1 is 1.56 bits per heavy atom. The molecule has 1 unspecified atom stereocenters. The summed E-state index contributed by atoms with van der Waals surface area (Å²) >= 11 is 5.73. The zero-order chi connectivity index (χ0) is 13.7. The van der Waals surface area contributed by atoms with Crippen LogP contribution >= 0.6 is 11.6 Å². The van der Waals surface area contributed by atoms with Gasteiger partial charge in [0.1, 0.15) is 11.7 Å². The van der Waals surface area contributed by atoms with E-state index in [-0.39, 0.29) is 17.2 Å². The molecule has 0 fully saturated rings. The first-order chi connectivity index (χ1) is 8.52. The van der Waals surface area contributed by atoms with Crippen LogP contribution in [0.15, 0.2) is 18.2 Å². The first-order valence-electron chi connectivity index (χ1n) is 5.07. The van der Waals surface area contributed by atoms with Gasteiger partial charge in [-0.05, 0) is 19.1 Å². The Bertz CT molecular complexity index is 504. The average Bonchev–Trinajstić information content (AvgIpc) is 2.33. The summed E-state index contributed by atoms with van der Waals surface area (Å²) in [6.45, 7) is 1.51. The second kappa shape index (κ2) is 6.12. The smallest absolute Gasteiger partial charge is 0.376 e. The maximum Gasteiger partial charge on any atom is 0.376 e. The first-order valence-corrected chi connectivity index (χ1v) is 5.45. The molecule has 0 saturated heterocycles. The van der Waals surface area contributed by atoms with Crippen LogP contribution in [-0.2, 0) is 14.3 Å². The van der Waals surface area contributed by atoms with Crippen LogP contribution in [0.5, 0.6) is 0 Å². The Morgan fingerprint density at radius 3 is 2.72 bits per heavy atom. The van der Waals surface area contributed by atoms with Gasteiger partial charge in [-0.25, -0.2) is 9.18 Å². The highest BCUT2D eigenvalue weighted by Gasteiger charge is 2.31. The molecule has 0 aliphatic rings. The number of ether oxygens (including phenoxy) is 1. The molecule has 6 heteroatoms. The number of nitrogens with zero attached hydrogens (tertiary/aromatic N) is 1. The molecule has 94 valence electrons. The highest BCUT2D eigenvalue weighted by atomic mass is 35.5. The van der Waals surface area contributed by atoms with Gasteiger partial charge in [-0.1, -0.05) is 17.7 Å². The molecule has 18 heavy (non-hydrogen) atoms. The van der Waals surface area contributed by atoms with Gasteiger partial charge in [0.05, 0.1) is 12.7 Å². The monoisotopic (exact) mass is 269 g/mol. The van der Waals surface area contributed by atoms with Crippen molar-refractivity contribution in [3.8, 4) is 6.07 Å². The maximum absolute atomic E-state index is 13.6. The number of ketones is 1. The number of carbonyl (C=O) groups excluding carboxylic acids is 2. The Kier molecular flexibility index (Phi) is 4.81. The summed E-state index contributed by atoms with van der Waals surface area (Å²) in [4.78, 5) is 22.9. The van der Waals surface area contributed by atoms with E-state index in [2.05, 4.69) is 4.74 Å². The normalized spacial score (nSPS) is 11.4. The highest BCUT2D eigenvalue weighted by molar-refractivity contribution is 6.38. The van der Waals surface area contributed by atoms with Gasteiger partial charge in [0.15, 0.2) is 0 Å². The van der Waals surface area contributed by atoms with Crippen LogP contribution in [0.2, 0.25) is 5.02 Å². The van der Waals surface area contributed by atoms with Crippen molar-refractivity contribution < 1.29 is 18.7 Å². The quantitative estimate of drug-likeness (QED) is 0.621. The Morgan fingerprint density at radius 2 is 2.22 bits per heavy atom. The van der Waals surface area contributed by atoms with Gasteiger partial charge in [0.25, 0.3) is 5.78 Å². The summed E-state index contributed by atoms with van der Waals surface area (Å²) in [6.07, 6.45) is 0. The van der Waals surface area contributed by atoms with Gasteiger partial charge >= 0.3 is 5.97 Å². The minimum Gasteiger partial charge on any atom is -0.460 e. The third-order valence-electron chi connectivity index (χ3n) is 2.16. The molecule has 0 radical (unpaired) electrons. The molecule has 1 aromatic carbocycles. The molecule has 1 rings (SSSR count). The zero-order valence-corrected chi connectivity index (χ0v) is 10.2. The van der Waals surface area contributed by atoms with Crippen LogP contribution in [0, 0.1) is 17.1 Å². The van der Waals surface area contributed by atoms with E-state index in [4.69, 9.17) is 16.9 Å². The van der Waals surface area contributed by atoms with Crippen LogP contribution in [0.3, 0.4) is 0 Å².